The third-order valence-corrected chi connectivity index (χ3v) is 5.17. The van der Waals surface area contributed by atoms with Gasteiger partial charge in [-0.2, -0.15) is 0 Å². The fourth-order valence-electron chi connectivity index (χ4n) is 4.06. The van der Waals surface area contributed by atoms with E-state index < -0.39 is 0 Å². The second-order valence-corrected chi connectivity index (χ2v) is 6.70. The number of nitrogens with two attached hydrogens (primary N) is 1. The maximum absolute atomic E-state index is 5.80. The Morgan fingerprint density at radius 3 is 1.50 bits per heavy atom. The maximum atomic E-state index is 5.80. The Morgan fingerprint density at radius 2 is 1.11 bits per heavy atom. The number of hydrogen-bond donors (Lipinski definition) is 2. The zero-order valence-corrected chi connectivity index (χ0v) is 12.0. The smallest absolute Gasteiger partial charge is 0.0215 e. The third kappa shape index (κ3) is 4.89. The average Bonchev–Trinajstić information content (AvgIpc) is 2.68. The van der Waals surface area contributed by atoms with Gasteiger partial charge in [-0.15, -0.1) is 0 Å². The molecule has 0 saturated heterocycles. The molecule has 2 aliphatic carbocycles. The molecule has 2 fully saturated rings. The molecular weight excluding hydrogens is 220 g/mol. The summed E-state index contributed by atoms with van der Waals surface area (Å²) < 4.78 is 0. The highest BCUT2D eigenvalue weighted by atomic mass is 15.2. The van der Waals surface area contributed by atoms with Crippen LogP contribution in [0.15, 0.2) is 0 Å². The Bertz CT molecular complexity index is 203. The molecule has 0 radical (unpaired) electrons. The molecule has 0 spiro atoms. The minimum absolute atomic E-state index is 0.580. The summed E-state index contributed by atoms with van der Waals surface area (Å²) in [4.78, 5) is 0. The number of hydrazine groups is 1. The number of nitrogens with one attached hydrogen (secondary N) is 1. The Labute approximate surface area is 113 Å². The van der Waals surface area contributed by atoms with Crippen molar-refractivity contribution in [3.8, 4) is 0 Å². The normalized spacial score (nSPS) is 25.8. The van der Waals surface area contributed by atoms with Crippen molar-refractivity contribution in [1.29, 1.82) is 0 Å². The first-order valence-corrected chi connectivity index (χ1v) is 8.34. The minimum Gasteiger partial charge on any atom is -0.271 e. The van der Waals surface area contributed by atoms with Gasteiger partial charge in [-0.25, -0.2) is 0 Å². The van der Waals surface area contributed by atoms with Crippen LogP contribution in [0.2, 0.25) is 0 Å². The number of rotatable bonds is 5. The van der Waals surface area contributed by atoms with Gasteiger partial charge >= 0.3 is 0 Å². The van der Waals surface area contributed by atoms with Gasteiger partial charge in [0.25, 0.3) is 0 Å². The Balaban J connectivity index is 1.72. The predicted molar refractivity (Wildman–Crippen MR) is 78.1 cm³/mol. The van der Waals surface area contributed by atoms with E-state index in [1.165, 1.54) is 83.5 Å². The summed E-state index contributed by atoms with van der Waals surface area (Å²) in [7, 11) is 0. The zero-order valence-electron chi connectivity index (χ0n) is 12.0. The van der Waals surface area contributed by atoms with Crippen LogP contribution in [0.5, 0.6) is 0 Å². The van der Waals surface area contributed by atoms with Gasteiger partial charge in [0.1, 0.15) is 0 Å². The molecule has 1 unspecified atom stereocenters. The van der Waals surface area contributed by atoms with E-state index >= 15 is 0 Å². The highest BCUT2D eigenvalue weighted by Crippen LogP contribution is 2.31. The van der Waals surface area contributed by atoms with Crippen molar-refractivity contribution in [2.75, 3.05) is 0 Å². The molecule has 2 rings (SSSR count). The van der Waals surface area contributed by atoms with E-state index in [0.29, 0.717) is 6.04 Å². The molecule has 0 amide bonds. The van der Waals surface area contributed by atoms with Crippen LogP contribution in [0.1, 0.15) is 83.5 Å². The van der Waals surface area contributed by atoms with Gasteiger partial charge in [0.2, 0.25) is 0 Å². The van der Waals surface area contributed by atoms with Crippen LogP contribution >= 0.6 is 0 Å². The van der Waals surface area contributed by atoms with Gasteiger partial charge < -0.3 is 0 Å². The third-order valence-electron chi connectivity index (χ3n) is 5.17. The SMILES string of the molecule is NNC(CC1CCCCCC1)CC1CCCCC1. The lowest BCUT2D eigenvalue weighted by molar-refractivity contribution is 0.264. The lowest BCUT2D eigenvalue weighted by Gasteiger charge is -2.28. The Hall–Kier alpha value is -0.0800. The van der Waals surface area contributed by atoms with Gasteiger partial charge in [-0.3, -0.25) is 11.3 Å². The molecular formula is C16H32N2. The van der Waals surface area contributed by atoms with Crippen molar-refractivity contribution in [1.82, 2.24) is 5.43 Å². The van der Waals surface area contributed by atoms with Crippen molar-refractivity contribution in [2.45, 2.75) is 89.5 Å². The molecule has 0 heterocycles. The monoisotopic (exact) mass is 252 g/mol. The summed E-state index contributed by atoms with van der Waals surface area (Å²) in [5, 5.41) is 0. The van der Waals surface area contributed by atoms with Crippen LogP contribution in [-0.2, 0) is 0 Å². The number of hydrogen-bond acceptors (Lipinski definition) is 2. The zero-order chi connectivity index (χ0) is 12.6. The molecule has 0 aromatic carbocycles. The highest BCUT2D eigenvalue weighted by Gasteiger charge is 2.21. The van der Waals surface area contributed by atoms with Gasteiger partial charge in [0.15, 0.2) is 0 Å². The molecule has 2 nitrogen and oxygen atoms in total. The summed E-state index contributed by atoms with van der Waals surface area (Å²) in [5.74, 6) is 7.69. The molecule has 0 aliphatic heterocycles. The predicted octanol–water partition coefficient (Wildman–Crippen LogP) is 4.15. The first kappa shape index (κ1) is 14.3. The lowest BCUT2D eigenvalue weighted by Crippen LogP contribution is -2.38. The Morgan fingerprint density at radius 1 is 0.722 bits per heavy atom. The molecule has 106 valence electrons. The van der Waals surface area contributed by atoms with Crippen molar-refractivity contribution in [3.05, 3.63) is 0 Å². The van der Waals surface area contributed by atoms with Gasteiger partial charge in [-0.1, -0.05) is 70.6 Å². The molecule has 18 heavy (non-hydrogen) atoms. The van der Waals surface area contributed by atoms with Crippen molar-refractivity contribution >= 4 is 0 Å². The van der Waals surface area contributed by atoms with E-state index in [0.717, 1.165) is 11.8 Å². The second kappa shape index (κ2) is 8.16. The summed E-state index contributed by atoms with van der Waals surface area (Å²) in [5.41, 5.74) is 3.12. The molecule has 0 aromatic rings. The molecule has 0 bridgehead atoms. The largest absolute Gasteiger partial charge is 0.271 e. The van der Waals surface area contributed by atoms with Gasteiger partial charge in [-0.05, 0) is 24.7 Å². The van der Waals surface area contributed by atoms with Crippen molar-refractivity contribution in [2.24, 2.45) is 17.7 Å². The molecule has 2 saturated carbocycles. The lowest BCUT2D eigenvalue weighted by atomic mass is 9.82. The summed E-state index contributed by atoms with van der Waals surface area (Å²) >= 11 is 0. The molecule has 2 heteroatoms. The summed E-state index contributed by atoms with van der Waals surface area (Å²) in [6.07, 6.45) is 18.6. The van der Waals surface area contributed by atoms with E-state index in [-0.39, 0.29) is 0 Å². The minimum atomic E-state index is 0.580. The fraction of sp³-hybridized carbons (Fsp3) is 1.00. The van der Waals surface area contributed by atoms with Gasteiger partial charge in [0.05, 0.1) is 0 Å². The van der Waals surface area contributed by atoms with Crippen LogP contribution in [-0.4, -0.2) is 6.04 Å². The molecule has 3 N–H and O–H groups in total. The van der Waals surface area contributed by atoms with Crippen molar-refractivity contribution in [3.63, 3.8) is 0 Å². The summed E-state index contributed by atoms with van der Waals surface area (Å²) in [6.45, 7) is 0. The van der Waals surface area contributed by atoms with E-state index in [1.807, 2.05) is 0 Å². The fourth-order valence-corrected chi connectivity index (χ4v) is 4.06. The van der Waals surface area contributed by atoms with Crippen molar-refractivity contribution < 1.29 is 0 Å². The van der Waals surface area contributed by atoms with Crippen LogP contribution in [0, 0.1) is 11.8 Å². The van der Waals surface area contributed by atoms with E-state index in [2.05, 4.69) is 5.43 Å². The van der Waals surface area contributed by atoms with Crippen LogP contribution < -0.4 is 11.3 Å². The Kier molecular flexibility index (Phi) is 6.50. The summed E-state index contributed by atoms with van der Waals surface area (Å²) in [6, 6.07) is 0.580. The standard InChI is InChI=1S/C16H32N2/c17-18-16(13-15-10-6-3-7-11-15)12-14-8-4-1-2-5-9-14/h14-16,18H,1-13,17H2. The maximum Gasteiger partial charge on any atom is 0.0215 e. The highest BCUT2D eigenvalue weighted by molar-refractivity contribution is 4.77. The first-order valence-electron chi connectivity index (χ1n) is 8.34. The van der Waals surface area contributed by atoms with E-state index in [4.69, 9.17) is 5.84 Å². The van der Waals surface area contributed by atoms with Crippen LogP contribution in [0.4, 0.5) is 0 Å². The average molecular weight is 252 g/mol. The van der Waals surface area contributed by atoms with E-state index in [9.17, 15) is 0 Å². The first-order chi connectivity index (χ1) is 8.88. The van der Waals surface area contributed by atoms with Crippen LogP contribution in [0.3, 0.4) is 0 Å². The molecule has 0 aromatic heterocycles. The van der Waals surface area contributed by atoms with Crippen LogP contribution in [0.25, 0.3) is 0 Å². The van der Waals surface area contributed by atoms with Gasteiger partial charge in [0, 0.05) is 6.04 Å². The molecule has 1 atom stereocenters. The van der Waals surface area contributed by atoms with E-state index in [1.54, 1.807) is 0 Å². The quantitative estimate of drug-likeness (QED) is 0.438. The molecule has 2 aliphatic rings. The topological polar surface area (TPSA) is 38.0 Å². The second-order valence-electron chi connectivity index (χ2n) is 6.70.